The second-order valence-corrected chi connectivity index (χ2v) is 4.00. The van der Waals surface area contributed by atoms with Crippen LogP contribution in [0.25, 0.3) is 0 Å². The van der Waals surface area contributed by atoms with Crippen molar-refractivity contribution in [3.8, 4) is 0 Å². The Hall–Kier alpha value is -1.35. The Morgan fingerprint density at radius 3 is 2.61 bits per heavy atom. The first-order valence-electron chi connectivity index (χ1n) is 10.2. The Balaban J connectivity index is 3.04. The van der Waals surface area contributed by atoms with E-state index in [4.69, 9.17) is 17.1 Å². The minimum atomic E-state index is -2.73. The van der Waals surface area contributed by atoms with Gasteiger partial charge in [0.1, 0.15) is 0 Å². The largest absolute Gasteiger partial charge is 0.465 e. The van der Waals surface area contributed by atoms with Crippen LogP contribution in [0.2, 0.25) is 0 Å². The highest BCUT2D eigenvalue weighted by molar-refractivity contribution is 5.83. The van der Waals surface area contributed by atoms with Gasteiger partial charge in [-0.2, -0.15) is 0 Å². The van der Waals surface area contributed by atoms with Gasteiger partial charge >= 0.3 is 5.97 Å². The first-order valence-corrected chi connectivity index (χ1v) is 5.69. The van der Waals surface area contributed by atoms with Gasteiger partial charge in [0, 0.05) is 5.48 Å². The lowest BCUT2D eigenvalue weighted by Crippen LogP contribution is -2.47. The van der Waals surface area contributed by atoms with Crippen molar-refractivity contribution in [1.82, 2.24) is 4.90 Å². The third-order valence-electron chi connectivity index (χ3n) is 2.68. The van der Waals surface area contributed by atoms with Crippen molar-refractivity contribution in [2.75, 3.05) is 26.7 Å². The highest BCUT2D eigenvalue weighted by Gasteiger charge is 2.43. The summed E-state index contributed by atoms with van der Waals surface area (Å²) in [6.07, 6.45) is -5.21. The maximum atomic E-state index is 13.0. The van der Waals surface area contributed by atoms with Crippen LogP contribution in [0.4, 0.5) is 0 Å². The molecule has 98 valence electrons. The molecule has 1 saturated heterocycles. The van der Waals surface area contributed by atoms with Crippen LogP contribution >= 0.6 is 0 Å². The van der Waals surface area contributed by atoms with Crippen molar-refractivity contribution in [3.05, 3.63) is 35.8 Å². The topological polar surface area (TPSA) is 29.5 Å². The Bertz CT molecular complexity index is 734. The summed E-state index contributed by atoms with van der Waals surface area (Å²) in [6.45, 7) is 0.524. The summed E-state index contributed by atoms with van der Waals surface area (Å²) >= 11 is 0. The standard InChI is InChI=1S/C15H21NO2/c1-3-18-14(17)15(9-11-16(2)12-10-15)13-7-5-4-6-8-13/h4-8H,3,9-12H2,1-2H3/i4D,5D,6D,7D,8D,9D2,10D2. The second kappa shape index (κ2) is 5.53. The first-order chi connectivity index (χ1) is 12.3. The van der Waals surface area contributed by atoms with Gasteiger partial charge in [-0.25, -0.2) is 0 Å². The molecule has 0 radical (unpaired) electrons. The molecule has 0 saturated carbocycles. The van der Waals surface area contributed by atoms with Crippen molar-refractivity contribution in [2.45, 2.75) is 25.1 Å². The fraction of sp³-hybridized carbons (Fsp3) is 0.533. The molecular formula is C15H21NO2. The number of carbonyl (C=O) groups excluding carboxylic acids is 1. The van der Waals surface area contributed by atoms with Crippen LogP contribution in [0.5, 0.6) is 0 Å². The predicted octanol–water partition coefficient (Wildman–Crippen LogP) is 2.21. The van der Waals surface area contributed by atoms with Crippen molar-refractivity contribution >= 4 is 5.97 Å². The summed E-state index contributed by atoms with van der Waals surface area (Å²) in [4.78, 5) is 14.4. The molecule has 1 aliphatic rings. The lowest BCUT2D eigenvalue weighted by molar-refractivity contribution is -0.152. The predicted molar refractivity (Wildman–Crippen MR) is 71.5 cm³/mol. The lowest BCUT2D eigenvalue weighted by Gasteiger charge is -2.38. The van der Waals surface area contributed by atoms with E-state index in [-0.39, 0.29) is 19.7 Å². The fourth-order valence-electron chi connectivity index (χ4n) is 1.73. The molecule has 0 atom stereocenters. The van der Waals surface area contributed by atoms with Gasteiger partial charge in [0.25, 0.3) is 0 Å². The van der Waals surface area contributed by atoms with Crippen LogP contribution < -0.4 is 0 Å². The summed E-state index contributed by atoms with van der Waals surface area (Å²) in [5, 5.41) is 0. The number of ether oxygens (including phenoxy) is 1. The minimum Gasteiger partial charge on any atom is -0.465 e. The Morgan fingerprint density at radius 2 is 2.06 bits per heavy atom. The number of esters is 1. The normalized spacial score (nSPS) is 32.2. The monoisotopic (exact) mass is 256 g/mol. The van der Waals surface area contributed by atoms with Crippen LogP contribution in [0.3, 0.4) is 0 Å². The number of benzene rings is 1. The third-order valence-corrected chi connectivity index (χ3v) is 2.68. The number of likely N-dealkylation sites (tertiary alicyclic amines) is 1. The van der Waals surface area contributed by atoms with Gasteiger partial charge in [0.05, 0.1) is 18.9 Å². The molecule has 0 aliphatic carbocycles. The maximum Gasteiger partial charge on any atom is 0.316 e. The first kappa shape index (κ1) is 5.74. The number of carbonyl (C=O) groups is 1. The Morgan fingerprint density at radius 1 is 1.44 bits per heavy atom. The van der Waals surface area contributed by atoms with Crippen molar-refractivity contribution < 1.29 is 21.9 Å². The molecule has 3 nitrogen and oxygen atoms in total. The molecule has 2 rings (SSSR count). The average Bonchev–Trinajstić information content (AvgIpc) is 2.52. The molecule has 0 bridgehead atoms. The van der Waals surface area contributed by atoms with Gasteiger partial charge in [-0.1, -0.05) is 30.2 Å². The number of hydrogen-bond acceptors (Lipinski definition) is 3. The quantitative estimate of drug-likeness (QED) is 0.777. The molecule has 0 amide bonds. The van der Waals surface area contributed by atoms with E-state index in [2.05, 4.69) is 0 Å². The molecule has 3 heteroatoms. The fourth-order valence-corrected chi connectivity index (χ4v) is 1.73. The van der Waals surface area contributed by atoms with Gasteiger partial charge in [0.15, 0.2) is 0 Å². The van der Waals surface area contributed by atoms with Crippen LogP contribution in [0, 0.1) is 0 Å². The molecular weight excluding hydrogens is 226 g/mol. The number of hydrogen-bond donors (Lipinski definition) is 0. The van der Waals surface area contributed by atoms with Gasteiger partial charge in [-0.3, -0.25) is 4.79 Å². The Kier molecular flexibility index (Phi) is 1.76. The summed E-state index contributed by atoms with van der Waals surface area (Å²) in [5.74, 6) is -1.29. The molecule has 0 aromatic heterocycles. The zero-order chi connectivity index (χ0) is 20.9. The van der Waals surface area contributed by atoms with E-state index in [1.54, 1.807) is 0 Å². The van der Waals surface area contributed by atoms with E-state index in [0.717, 1.165) is 0 Å². The number of nitrogens with zero attached hydrogens (tertiary/aromatic N) is 1. The number of piperidine rings is 1. The van der Waals surface area contributed by atoms with Gasteiger partial charge in [0.2, 0.25) is 0 Å². The molecule has 18 heavy (non-hydrogen) atoms. The van der Waals surface area contributed by atoms with Crippen LogP contribution in [0.1, 0.15) is 37.6 Å². The summed E-state index contributed by atoms with van der Waals surface area (Å²) in [7, 11) is 1.48. The molecule has 1 aromatic carbocycles. The van der Waals surface area contributed by atoms with E-state index in [9.17, 15) is 4.79 Å². The molecule has 0 unspecified atom stereocenters. The van der Waals surface area contributed by atoms with E-state index in [1.165, 1.54) is 18.9 Å². The lowest BCUT2D eigenvalue weighted by atomic mass is 9.73. The summed E-state index contributed by atoms with van der Waals surface area (Å²) in [5.41, 5.74) is -3.44. The smallest absolute Gasteiger partial charge is 0.316 e. The van der Waals surface area contributed by atoms with E-state index < -0.39 is 59.9 Å². The van der Waals surface area contributed by atoms with Gasteiger partial charge < -0.3 is 9.64 Å². The molecule has 0 spiro atoms. The highest BCUT2D eigenvalue weighted by Crippen LogP contribution is 2.36. The van der Waals surface area contributed by atoms with Crippen molar-refractivity contribution in [2.24, 2.45) is 0 Å². The SMILES string of the molecule is [2H]c1c([2H])c([2H])c(C2(C(=O)OCC)C([2H])([2H])CN(C)CC2([2H])[2H])c([2H])c1[2H]. The van der Waals surface area contributed by atoms with Crippen molar-refractivity contribution in [3.63, 3.8) is 0 Å². The highest BCUT2D eigenvalue weighted by atomic mass is 16.5. The van der Waals surface area contributed by atoms with E-state index in [1.807, 2.05) is 0 Å². The second-order valence-electron chi connectivity index (χ2n) is 4.00. The average molecular weight is 256 g/mol. The van der Waals surface area contributed by atoms with Crippen LogP contribution in [-0.2, 0) is 14.9 Å². The summed E-state index contributed by atoms with van der Waals surface area (Å²) in [6, 6.07) is -3.86. The third kappa shape index (κ3) is 2.41. The minimum absolute atomic E-state index is 0.179. The summed E-state index contributed by atoms with van der Waals surface area (Å²) < 4.78 is 78.8. The van der Waals surface area contributed by atoms with E-state index in [0.29, 0.717) is 0 Å². The van der Waals surface area contributed by atoms with Crippen LogP contribution in [-0.4, -0.2) is 37.6 Å². The molecule has 1 aromatic rings. The molecule has 1 heterocycles. The van der Waals surface area contributed by atoms with Gasteiger partial charge in [-0.15, -0.1) is 0 Å². The van der Waals surface area contributed by atoms with Gasteiger partial charge in [-0.05, 0) is 45.4 Å². The number of rotatable bonds is 3. The Labute approximate surface area is 121 Å². The molecule has 1 fully saturated rings. The van der Waals surface area contributed by atoms with Crippen LogP contribution in [0.15, 0.2) is 30.2 Å². The molecule has 0 N–H and O–H groups in total. The van der Waals surface area contributed by atoms with E-state index >= 15 is 0 Å². The zero-order valence-electron chi connectivity index (χ0n) is 19.4. The maximum absolute atomic E-state index is 13.0. The zero-order valence-corrected chi connectivity index (χ0v) is 10.4. The molecule has 1 aliphatic heterocycles. The van der Waals surface area contributed by atoms with Crippen molar-refractivity contribution in [1.29, 1.82) is 0 Å².